The topological polar surface area (TPSA) is 52.6 Å². The zero-order valence-corrected chi connectivity index (χ0v) is 16.4. The third-order valence-electron chi connectivity index (χ3n) is 4.34. The number of ether oxygens (including phenoxy) is 2. The van der Waals surface area contributed by atoms with E-state index < -0.39 is 0 Å². The van der Waals surface area contributed by atoms with Crippen LogP contribution in [0.4, 0.5) is 0 Å². The summed E-state index contributed by atoms with van der Waals surface area (Å²) >= 11 is 0. The normalized spacial score (nSPS) is 11.8. The third kappa shape index (κ3) is 10.2. The van der Waals surface area contributed by atoms with Crippen molar-refractivity contribution in [2.45, 2.75) is 84.2 Å². The van der Waals surface area contributed by atoms with Gasteiger partial charge in [-0.05, 0) is 24.8 Å². The highest BCUT2D eigenvalue weighted by atomic mass is 16.5. The van der Waals surface area contributed by atoms with Crippen molar-refractivity contribution >= 4 is 11.9 Å². The standard InChI is InChI=1S/C22H34O4/c1-3-5-6-7-8-12-18-25-21(23)16-13-17-22(24)26-20(4-2)19-14-10-9-11-15-19/h9-11,14-15,20H,3-8,12-13,16-18H2,1-2H3. The van der Waals surface area contributed by atoms with Gasteiger partial charge < -0.3 is 9.47 Å². The maximum atomic E-state index is 12.0. The number of esters is 2. The Hall–Kier alpha value is -1.84. The number of carbonyl (C=O) groups excluding carboxylic acids is 2. The summed E-state index contributed by atoms with van der Waals surface area (Å²) in [6.07, 6.45) is 8.51. The Morgan fingerprint density at radius 1 is 0.846 bits per heavy atom. The zero-order valence-electron chi connectivity index (χ0n) is 16.4. The first-order valence-corrected chi connectivity index (χ1v) is 10.1. The molecular weight excluding hydrogens is 328 g/mol. The monoisotopic (exact) mass is 362 g/mol. The van der Waals surface area contributed by atoms with Crippen LogP contribution in [0.3, 0.4) is 0 Å². The Morgan fingerprint density at radius 2 is 1.50 bits per heavy atom. The van der Waals surface area contributed by atoms with Crippen molar-refractivity contribution in [3.63, 3.8) is 0 Å². The fourth-order valence-electron chi connectivity index (χ4n) is 2.79. The van der Waals surface area contributed by atoms with Crippen LogP contribution in [-0.4, -0.2) is 18.5 Å². The van der Waals surface area contributed by atoms with Crippen LogP contribution in [0.1, 0.15) is 89.7 Å². The van der Waals surface area contributed by atoms with E-state index in [0.717, 1.165) is 24.8 Å². The van der Waals surface area contributed by atoms with Crippen molar-refractivity contribution < 1.29 is 19.1 Å². The zero-order chi connectivity index (χ0) is 19.0. The predicted octanol–water partition coefficient (Wildman–Crippen LogP) is 5.75. The molecule has 26 heavy (non-hydrogen) atoms. The Bertz CT molecular complexity index is 498. The van der Waals surface area contributed by atoms with Gasteiger partial charge in [0.2, 0.25) is 0 Å². The lowest BCUT2D eigenvalue weighted by Gasteiger charge is -2.16. The summed E-state index contributed by atoms with van der Waals surface area (Å²) in [6, 6.07) is 9.73. The number of carbonyl (C=O) groups is 2. The molecule has 0 bridgehead atoms. The molecule has 0 amide bonds. The molecule has 0 saturated carbocycles. The minimum Gasteiger partial charge on any atom is -0.466 e. The molecule has 4 heteroatoms. The summed E-state index contributed by atoms with van der Waals surface area (Å²) in [4.78, 5) is 23.7. The van der Waals surface area contributed by atoms with Gasteiger partial charge in [0.05, 0.1) is 6.61 Å². The predicted molar refractivity (Wildman–Crippen MR) is 104 cm³/mol. The van der Waals surface area contributed by atoms with E-state index in [1.165, 1.54) is 25.7 Å². The molecule has 1 aromatic carbocycles. The van der Waals surface area contributed by atoms with Crippen LogP contribution in [-0.2, 0) is 19.1 Å². The number of rotatable bonds is 14. The van der Waals surface area contributed by atoms with E-state index in [1.807, 2.05) is 37.3 Å². The summed E-state index contributed by atoms with van der Waals surface area (Å²) in [6.45, 7) is 4.67. The van der Waals surface area contributed by atoms with Gasteiger partial charge in [-0.1, -0.05) is 76.3 Å². The lowest BCUT2D eigenvalue weighted by molar-refractivity contribution is -0.150. The number of hydrogen-bond donors (Lipinski definition) is 0. The van der Waals surface area contributed by atoms with Gasteiger partial charge in [-0.2, -0.15) is 0 Å². The molecule has 146 valence electrons. The van der Waals surface area contributed by atoms with Crippen molar-refractivity contribution in [3.8, 4) is 0 Å². The van der Waals surface area contributed by atoms with Crippen LogP contribution in [0, 0.1) is 0 Å². The molecule has 0 N–H and O–H groups in total. The molecule has 1 unspecified atom stereocenters. The van der Waals surface area contributed by atoms with E-state index in [1.54, 1.807) is 0 Å². The lowest BCUT2D eigenvalue weighted by Crippen LogP contribution is -2.12. The van der Waals surface area contributed by atoms with E-state index in [4.69, 9.17) is 9.47 Å². The average Bonchev–Trinajstić information content (AvgIpc) is 2.66. The van der Waals surface area contributed by atoms with Gasteiger partial charge in [-0.15, -0.1) is 0 Å². The minimum atomic E-state index is -0.260. The first-order valence-electron chi connectivity index (χ1n) is 10.1. The van der Waals surface area contributed by atoms with E-state index in [9.17, 15) is 9.59 Å². The summed E-state index contributed by atoms with van der Waals surface area (Å²) in [5.41, 5.74) is 1.00. The van der Waals surface area contributed by atoms with Gasteiger partial charge in [0, 0.05) is 12.8 Å². The SMILES string of the molecule is CCCCCCCCOC(=O)CCCC(=O)OC(CC)c1ccccc1. The molecule has 1 aromatic rings. The summed E-state index contributed by atoms with van der Waals surface area (Å²) in [5, 5.41) is 0. The van der Waals surface area contributed by atoms with Crippen molar-refractivity contribution in [3.05, 3.63) is 35.9 Å². The molecule has 0 aliphatic heterocycles. The third-order valence-corrected chi connectivity index (χ3v) is 4.34. The molecule has 0 aliphatic carbocycles. The number of unbranched alkanes of at least 4 members (excludes halogenated alkanes) is 5. The fraction of sp³-hybridized carbons (Fsp3) is 0.636. The van der Waals surface area contributed by atoms with E-state index >= 15 is 0 Å². The molecule has 1 rings (SSSR count). The quantitative estimate of drug-likeness (QED) is 0.312. The fourth-order valence-corrected chi connectivity index (χ4v) is 2.79. The summed E-state index contributed by atoms with van der Waals surface area (Å²) in [5.74, 6) is -0.481. The molecular formula is C22H34O4. The van der Waals surface area contributed by atoms with Gasteiger partial charge in [0.15, 0.2) is 0 Å². The van der Waals surface area contributed by atoms with Crippen LogP contribution in [0.2, 0.25) is 0 Å². The first-order chi connectivity index (χ1) is 12.7. The summed E-state index contributed by atoms with van der Waals surface area (Å²) in [7, 11) is 0. The Balaban J connectivity index is 2.10. The van der Waals surface area contributed by atoms with E-state index in [0.29, 0.717) is 13.0 Å². The van der Waals surface area contributed by atoms with Crippen molar-refractivity contribution in [1.29, 1.82) is 0 Å². The van der Waals surface area contributed by atoms with Gasteiger partial charge in [-0.3, -0.25) is 9.59 Å². The van der Waals surface area contributed by atoms with Gasteiger partial charge in [-0.25, -0.2) is 0 Å². The molecule has 0 aliphatic rings. The second-order valence-corrected chi connectivity index (χ2v) is 6.64. The summed E-state index contributed by atoms with van der Waals surface area (Å²) < 4.78 is 10.7. The Kier molecular flexibility index (Phi) is 12.2. The number of hydrogen-bond acceptors (Lipinski definition) is 4. The second-order valence-electron chi connectivity index (χ2n) is 6.64. The Morgan fingerprint density at radius 3 is 2.19 bits per heavy atom. The maximum Gasteiger partial charge on any atom is 0.306 e. The van der Waals surface area contributed by atoms with Crippen LogP contribution < -0.4 is 0 Å². The lowest BCUT2D eigenvalue weighted by atomic mass is 10.1. The minimum absolute atomic E-state index is 0.219. The molecule has 0 aromatic heterocycles. The van der Waals surface area contributed by atoms with Gasteiger partial charge in [0.25, 0.3) is 0 Å². The molecule has 1 atom stereocenters. The highest BCUT2D eigenvalue weighted by Gasteiger charge is 2.15. The average molecular weight is 363 g/mol. The van der Waals surface area contributed by atoms with Crippen molar-refractivity contribution in [2.75, 3.05) is 6.61 Å². The van der Waals surface area contributed by atoms with Crippen LogP contribution in [0.5, 0.6) is 0 Å². The second kappa shape index (κ2) is 14.3. The molecule has 0 fully saturated rings. The van der Waals surface area contributed by atoms with Crippen LogP contribution in [0.15, 0.2) is 30.3 Å². The molecule has 0 heterocycles. The van der Waals surface area contributed by atoms with Crippen LogP contribution >= 0.6 is 0 Å². The first kappa shape index (κ1) is 22.2. The molecule has 0 saturated heterocycles. The smallest absolute Gasteiger partial charge is 0.306 e. The molecule has 0 spiro atoms. The van der Waals surface area contributed by atoms with E-state index in [-0.39, 0.29) is 30.9 Å². The van der Waals surface area contributed by atoms with Crippen molar-refractivity contribution in [1.82, 2.24) is 0 Å². The largest absolute Gasteiger partial charge is 0.466 e. The maximum absolute atomic E-state index is 12.0. The molecule has 4 nitrogen and oxygen atoms in total. The van der Waals surface area contributed by atoms with Crippen molar-refractivity contribution in [2.24, 2.45) is 0 Å². The number of benzene rings is 1. The van der Waals surface area contributed by atoms with Gasteiger partial charge >= 0.3 is 11.9 Å². The Labute approximate surface area is 158 Å². The van der Waals surface area contributed by atoms with E-state index in [2.05, 4.69) is 6.92 Å². The highest BCUT2D eigenvalue weighted by Crippen LogP contribution is 2.21. The van der Waals surface area contributed by atoms with Crippen LogP contribution in [0.25, 0.3) is 0 Å². The highest BCUT2D eigenvalue weighted by molar-refractivity contribution is 5.72. The van der Waals surface area contributed by atoms with Gasteiger partial charge in [0.1, 0.15) is 6.10 Å². The molecule has 0 radical (unpaired) electrons.